The van der Waals surface area contributed by atoms with Gasteiger partial charge in [-0.05, 0) is 65.5 Å². The molecule has 2 heterocycles. The highest BCUT2D eigenvalue weighted by molar-refractivity contribution is 9.10. The predicted octanol–water partition coefficient (Wildman–Crippen LogP) is 6.29. The summed E-state index contributed by atoms with van der Waals surface area (Å²) in [6.07, 6.45) is 13.8. The van der Waals surface area contributed by atoms with Gasteiger partial charge in [0.2, 0.25) is 0 Å². The summed E-state index contributed by atoms with van der Waals surface area (Å²) in [7, 11) is 0. The Kier molecular flexibility index (Phi) is 8.03. The van der Waals surface area contributed by atoms with Crippen molar-refractivity contribution in [3.05, 3.63) is 22.6 Å². The van der Waals surface area contributed by atoms with Crippen molar-refractivity contribution in [2.75, 3.05) is 18.5 Å². The lowest BCUT2D eigenvalue weighted by atomic mass is 10.4. The van der Waals surface area contributed by atoms with Crippen LogP contribution in [0.5, 0.6) is 0 Å². The van der Waals surface area contributed by atoms with E-state index in [-0.39, 0.29) is 0 Å². The summed E-state index contributed by atoms with van der Waals surface area (Å²) in [6.45, 7) is 5.81. The number of nitrogens with zero attached hydrogens (tertiary/aromatic N) is 2. The first kappa shape index (κ1) is 19.7. The largest absolute Gasteiger partial charge is 0.337 e. The van der Waals surface area contributed by atoms with E-state index in [9.17, 15) is 0 Å². The van der Waals surface area contributed by atoms with Crippen LogP contribution in [0.25, 0.3) is 11.2 Å². The predicted molar refractivity (Wildman–Crippen MR) is 113 cm³/mol. The van der Waals surface area contributed by atoms with Gasteiger partial charge in [-0.2, -0.15) is 0 Å². The van der Waals surface area contributed by atoms with Gasteiger partial charge in [0.15, 0.2) is 5.65 Å². The van der Waals surface area contributed by atoms with Gasteiger partial charge >= 0.3 is 0 Å². The van der Waals surface area contributed by atoms with Crippen LogP contribution in [0.3, 0.4) is 0 Å². The molecular weight excluding hydrogens is 381 g/mol. The molecule has 0 amide bonds. The van der Waals surface area contributed by atoms with E-state index >= 15 is 0 Å². The number of pyridine rings is 1. The molecule has 0 atom stereocenters. The topological polar surface area (TPSA) is 41.6 Å². The standard InChI is InChI=1S/C19H31BrN3P/c1-4-7-10-24(11-8-5-2,12-9-6-3)15-18-22-17-13-16(20)14-21-19(17)23-18/h13-15H,4-12H2,1-3H3,(H,21,22,23). The molecule has 24 heavy (non-hydrogen) atoms. The van der Waals surface area contributed by atoms with Crippen molar-refractivity contribution in [1.29, 1.82) is 0 Å². The Morgan fingerprint density at radius 3 is 2.17 bits per heavy atom. The average molecular weight is 412 g/mol. The SMILES string of the molecule is CCCCP(=Cc1nc2ncc(Br)cc2[nH]1)(CCCC)CCCC. The van der Waals surface area contributed by atoms with Gasteiger partial charge in [-0.15, -0.1) is 6.89 Å². The van der Waals surface area contributed by atoms with Crippen LogP contribution in [0.4, 0.5) is 0 Å². The summed E-state index contributed by atoms with van der Waals surface area (Å²) >= 11 is 3.49. The number of H-pyrrole nitrogens is 1. The van der Waals surface area contributed by atoms with Crippen molar-refractivity contribution >= 4 is 39.8 Å². The number of halogens is 1. The normalized spacial score (nSPS) is 12.0. The Morgan fingerprint density at radius 2 is 1.62 bits per heavy atom. The van der Waals surface area contributed by atoms with Gasteiger partial charge in [0.1, 0.15) is 5.82 Å². The maximum absolute atomic E-state index is 4.75. The molecule has 2 aromatic heterocycles. The van der Waals surface area contributed by atoms with Crippen LogP contribution in [0.1, 0.15) is 65.1 Å². The fraction of sp³-hybridized carbons (Fsp3) is 0.632. The summed E-state index contributed by atoms with van der Waals surface area (Å²) in [5.41, 5.74) is 1.85. The van der Waals surface area contributed by atoms with Crippen LogP contribution in [0, 0.1) is 0 Å². The molecular formula is C19H31BrN3P. The van der Waals surface area contributed by atoms with Crippen LogP contribution in [0.2, 0.25) is 0 Å². The van der Waals surface area contributed by atoms with E-state index in [4.69, 9.17) is 4.98 Å². The molecule has 0 fully saturated rings. The first-order chi connectivity index (χ1) is 11.6. The smallest absolute Gasteiger partial charge is 0.178 e. The quantitative estimate of drug-likeness (QED) is 0.466. The number of fused-ring (bicyclic) bond motifs is 1. The molecule has 3 nitrogen and oxygen atoms in total. The fourth-order valence-corrected chi connectivity index (χ4v) is 8.03. The summed E-state index contributed by atoms with van der Waals surface area (Å²) in [5, 5.41) is 0. The third-order valence-electron chi connectivity index (χ3n) is 4.59. The number of aromatic amines is 1. The van der Waals surface area contributed by atoms with E-state index in [1.54, 1.807) is 0 Å². The van der Waals surface area contributed by atoms with Gasteiger partial charge in [0.25, 0.3) is 0 Å². The zero-order valence-electron chi connectivity index (χ0n) is 15.3. The number of hydrogen-bond donors (Lipinski definition) is 1. The van der Waals surface area contributed by atoms with Crippen molar-refractivity contribution in [2.45, 2.75) is 59.3 Å². The molecule has 2 rings (SSSR count). The molecule has 0 radical (unpaired) electrons. The molecule has 0 saturated heterocycles. The van der Waals surface area contributed by atoms with Crippen molar-refractivity contribution in [1.82, 2.24) is 15.0 Å². The maximum atomic E-state index is 4.75. The summed E-state index contributed by atoms with van der Waals surface area (Å²) < 4.78 is 0.995. The highest BCUT2D eigenvalue weighted by Crippen LogP contribution is 2.50. The Hall–Kier alpha value is -0.600. The lowest BCUT2D eigenvalue weighted by molar-refractivity contribution is 0.845. The maximum Gasteiger partial charge on any atom is 0.178 e. The molecule has 2 aromatic rings. The molecule has 0 aliphatic carbocycles. The van der Waals surface area contributed by atoms with Crippen LogP contribution in [0.15, 0.2) is 16.7 Å². The third-order valence-corrected chi connectivity index (χ3v) is 9.44. The minimum Gasteiger partial charge on any atom is -0.337 e. The van der Waals surface area contributed by atoms with Gasteiger partial charge in [-0.25, -0.2) is 9.97 Å². The Balaban J connectivity index is 2.41. The van der Waals surface area contributed by atoms with E-state index in [0.717, 1.165) is 21.5 Å². The molecule has 0 aromatic carbocycles. The highest BCUT2D eigenvalue weighted by Gasteiger charge is 2.17. The second-order valence-corrected chi connectivity index (χ2v) is 11.7. The van der Waals surface area contributed by atoms with Crippen molar-refractivity contribution in [3.63, 3.8) is 0 Å². The number of nitrogens with one attached hydrogen (secondary N) is 1. The molecule has 0 unspecified atom stereocenters. The number of hydrogen-bond acceptors (Lipinski definition) is 2. The van der Waals surface area contributed by atoms with Gasteiger partial charge in [-0.1, -0.05) is 40.0 Å². The van der Waals surface area contributed by atoms with Crippen molar-refractivity contribution < 1.29 is 0 Å². The van der Waals surface area contributed by atoms with E-state index < -0.39 is 6.89 Å². The Morgan fingerprint density at radius 1 is 1.04 bits per heavy atom. The third kappa shape index (κ3) is 5.46. The van der Waals surface area contributed by atoms with Crippen molar-refractivity contribution in [3.8, 4) is 0 Å². The van der Waals surface area contributed by atoms with Gasteiger partial charge in [0.05, 0.1) is 5.52 Å². The summed E-state index contributed by atoms with van der Waals surface area (Å²) in [6, 6.07) is 2.07. The molecule has 0 saturated carbocycles. The lowest BCUT2D eigenvalue weighted by Gasteiger charge is -2.26. The number of imidazole rings is 1. The van der Waals surface area contributed by atoms with E-state index in [2.05, 4.69) is 58.5 Å². The summed E-state index contributed by atoms with van der Waals surface area (Å²) in [4.78, 5) is 12.7. The minimum atomic E-state index is -1.09. The molecule has 0 bridgehead atoms. The second-order valence-electron chi connectivity index (χ2n) is 6.73. The summed E-state index contributed by atoms with van der Waals surface area (Å²) in [5.74, 6) is 3.57. The van der Waals surface area contributed by atoms with Gasteiger partial charge in [-0.3, -0.25) is 0 Å². The molecule has 1 N–H and O–H groups in total. The Bertz CT molecular complexity index is 664. The van der Waals surface area contributed by atoms with Gasteiger partial charge in [0, 0.05) is 10.7 Å². The van der Waals surface area contributed by atoms with Crippen molar-refractivity contribution in [2.24, 2.45) is 0 Å². The van der Waals surface area contributed by atoms with Gasteiger partial charge < -0.3 is 4.98 Å². The highest BCUT2D eigenvalue weighted by atomic mass is 79.9. The molecule has 0 aliphatic rings. The first-order valence-electron chi connectivity index (χ1n) is 9.35. The van der Waals surface area contributed by atoms with E-state index in [1.165, 1.54) is 57.0 Å². The zero-order valence-corrected chi connectivity index (χ0v) is 17.8. The van der Waals surface area contributed by atoms with Crippen LogP contribution in [-0.4, -0.2) is 39.2 Å². The second kappa shape index (κ2) is 9.77. The average Bonchev–Trinajstić information content (AvgIpc) is 2.97. The van der Waals surface area contributed by atoms with Crippen LogP contribution in [-0.2, 0) is 0 Å². The van der Waals surface area contributed by atoms with Crippen LogP contribution < -0.4 is 0 Å². The molecule has 134 valence electrons. The first-order valence-corrected chi connectivity index (χ1v) is 12.6. The van der Waals surface area contributed by atoms with E-state index in [1.807, 2.05) is 6.20 Å². The number of rotatable bonds is 10. The van der Waals surface area contributed by atoms with E-state index in [0.29, 0.717) is 0 Å². The fourth-order valence-electron chi connectivity index (χ4n) is 3.16. The lowest BCUT2D eigenvalue weighted by Crippen LogP contribution is -2.06. The molecule has 5 heteroatoms. The molecule has 0 spiro atoms. The van der Waals surface area contributed by atoms with Crippen LogP contribution >= 0.6 is 22.8 Å². The number of unbranched alkanes of at least 4 members (excludes halogenated alkanes) is 3. The molecule has 0 aliphatic heterocycles. The minimum absolute atomic E-state index is 0.823. The monoisotopic (exact) mass is 411 g/mol. The number of aromatic nitrogens is 3. The Labute approximate surface area is 155 Å². The zero-order chi connectivity index (χ0) is 17.4.